The normalized spacial score (nSPS) is 10.5. The number of hydrogen-bond donors (Lipinski definition) is 3. The van der Waals surface area contributed by atoms with Gasteiger partial charge in [-0.05, 0) is 73.0 Å². The van der Waals surface area contributed by atoms with Crippen LogP contribution < -0.4 is 44.3 Å². The number of aryl methyl sites for hydroxylation is 1. The van der Waals surface area contributed by atoms with E-state index in [1.807, 2.05) is 24.3 Å². The molecule has 0 spiro atoms. The van der Waals surface area contributed by atoms with Crippen molar-refractivity contribution in [3.8, 4) is 17.2 Å². The summed E-state index contributed by atoms with van der Waals surface area (Å²) in [4.78, 5) is 35.5. The van der Waals surface area contributed by atoms with Crippen molar-refractivity contribution in [2.75, 3.05) is 11.9 Å². The first-order valence-electron chi connectivity index (χ1n) is 18.3. The molecule has 3 aromatic carbocycles. The van der Waals surface area contributed by atoms with E-state index in [9.17, 15) is 19.5 Å². The largest absolute Gasteiger partial charge is 1.00 e. The molecule has 51 heavy (non-hydrogen) atoms. The van der Waals surface area contributed by atoms with Crippen LogP contribution in [0.2, 0.25) is 0 Å². The molecule has 1 amide bonds. The quantitative estimate of drug-likeness (QED) is 0.0561. The minimum atomic E-state index is -1.22. The fraction of sp³-hybridized carbons (Fsp3) is 0.488. The Morgan fingerprint density at radius 1 is 0.627 bits per heavy atom. The van der Waals surface area contributed by atoms with E-state index in [4.69, 9.17) is 14.6 Å². The molecule has 0 unspecified atom stereocenters. The minimum Gasteiger partial charge on any atom is -0.870 e. The maximum atomic E-state index is 12.6. The van der Waals surface area contributed by atoms with Crippen molar-refractivity contribution in [1.82, 2.24) is 0 Å². The second-order valence-corrected chi connectivity index (χ2v) is 12.8. The van der Waals surface area contributed by atoms with E-state index in [0.29, 0.717) is 24.5 Å². The summed E-state index contributed by atoms with van der Waals surface area (Å²) in [5, 5.41) is 21.5. The van der Waals surface area contributed by atoms with E-state index < -0.39 is 11.9 Å². The van der Waals surface area contributed by atoms with Crippen LogP contribution in [0.3, 0.4) is 0 Å². The first kappa shape index (κ1) is 45.7. The molecule has 3 aromatic rings. The number of carbonyl (C=O) groups excluding carboxylic acids is 1. The standard InChI is InChI=1S/C41H55NO7.Na.H2O/c1-2-3-4-5-6-7-8-9-10-11-12-13-14-15-16-17-30-48-35-24-18-32(19-25-35)20-29-39(43)42-34-23-28-38(37(31-34)41(46)47)49-36-26-21-33(22-27-36)40(44)45;;/h18-19,21-28,31H,2-17,20,29-30H2,1H3,(H,42,43)(H,44,45)(H,46,47);;1H2/q;+1;/p-1. The summed E-state index contributed by atoms with van der Waals surface area (Å²) < 4.78 is 11.6. The van der Waals surface area contributed by atoms with E-state index in [-0.39, 0.29) is 64.2 Å². The van der Waals surface area contributed by atoms with Gasteiger partial charge in [-0.3, -0.25) is 4.79 Å². The number of unbranched alkanes of at least 4 members (excludes halogenated alkanes) is 15. The van der Waals surface area contributed by atoms with Crippen molar-refractivity contribution in [2.45, 2.75) is 122 Å². The number of aromatic carboxylic acids is 2. The van der Waals surface area contributed by atoms with E-state index in [0.717, 1.165) is 17.7 Å². The number of carbonyl (C=O) groups is 3. The maximum absolute atomic E-state index is 12.6. The fourth-order valence-corrected chi connectivity index (χ4v) is 5.73. The zero-order chi connectivity index (χ0) is 35.1. The van der Waals surface area contributed by atoms with Crippen LogP contribution in [-0.4, -0.2) is 40.1 Å². The van der Waals surface area contributed by atoms with Crippen LogP contribution in [0, 0.1) is 0 Å². The summed E-state index contributed by atoms with van der Waals surface area (Å²) in [5.41, 5.74) is 1.31. The van der Waals surface area contributed by atoms with Crippen molar-refractivity contribution in [2.24, 2.45) is 0 Å². The molecule has 0 aromatic heterocycles. The molecule has 0 atom stereocenters. The van der Waals surface area contributed by atoms with Crippen molar-refractivity contribution < 1.29 is 69.1 Å². The second-order valence-electron chi connectivity index (χ2n) is 12.8. The first-order valence-corrected chi connectivity index (χ1v) is 18.3. The van der Waals surface area contributed by atoms with Gasteiger partial charge in [-0.2, -0.15) is 0 Å². The Balaban J connectivity index is 0.00000650. The molecule has 0 saturated heterocycles. The van der Waals surface area contributed by atoms with Gasteiger partial charge >= 0.3 is 41.5 Å². The predicted molar refractivity (Wildman–Crippen MR) is 197 cm³/mol. The van der Waals surface area contributed by atoms with Gasteiger partial charge in [-0.15, -0.1) is 0 Å². The van der Waals surface area contributed by atoms with Gasteiger partial charge in [0.05, 0.1) is 12.2 Å². The third-order valence-corrected chi connectivity index (χ3v) is 8.65. The second kappa shape index (κ2) is 27.3. The number of anilines is 1. The SMILES string of the molecule is CCCCCCCCCCCCCCCCCCOc1ccc(CCC(=O)Nc2ccc(Oc3ccc(C(=O)O)cc3)c(C(=O)O)c2)cc1.[Na+].[OH-]. The number of ether oxygens (including phenoxy) is 2. The summed E-state index contributed by atoms with van der Waals surface area (Å²) >= 11 is 0. The molecule has 0 saturated carbocycles. The van der Waals surface area contributed by atoms with Crippen molar-refractivity contribution in [1.29, 1.82) is 0 Å². The van der Waals surface area contributed by atoms with Crippen molar-refractivity contribution in [3.63, 3.8) is 0 Å². The summed E-state index contributed by atoms with van der Waals surface area (Å²) in [6, 6.07) is 17.8. The topological polar surface area (TPSA) is 152 Å². The first-order chi connectivity index (χ1) is 23.9. The number of hydrogen-bond acceptors (Lipinski definition) is 6. The number of carboxylic acid groups (broad SMARTS) is 2. The van der Waals surface area contributed by atoms with Crippen LogP contribution in [0.4, 0.5) is 5.69 Å². The molecule has 3 rings (SSSR count). The molecular weight excluding hydrogens is 657 g/mol. The van der Waals surface area contributed by atoms with Crippen LogP contribution in [0.5, 0.6) is 17.2 Å². The smallest absolute Gasteiger partial charge is 0.870 e. The third kappa shape index (κ3) is 19.2. The van der Waals surface area contributed by atoms with Crippen LogP contribution in [0.15, 0.2) is 66.7 Å². The third-order valence-electron chi connectivity index (χ3n) is 8.65. The van der Waals surface area contributed by atoms with Crippen molar-refractivity contribution in [3.05, 3.63) is 83.4 Å². The number of rotatable bonds is 26. The fourth-order valence-electron chi connectivity index (χ4n) is 5.73. The molecule has 9 nitrogen and oxygen atoms in total. The Hall–Kier alpha value is -3.37. The summed E-state index contributed by atoms with van der Waals surface area (Å²) in [7, 11) is 0. The van der Waals surface area contributed by atoms with E-state index in [2.05, 4.69) is 12.2 Å². The van der Waals surface area contributed by atoms with Gasteiger partial charge in [0.15, 0.2) is 0 Å². The molecule has 0 aliphatic carbocycles. The Morgan fingerprint density at radius 2 is 1.14 bits per heavy atom. The molecule has 0 radical (unpaired) electrons. The molecular formula is C41H56NNaO8. The number of benzene rings is 3. The monoisotopic (exact) mass is 713 g/mol. The number of amides is 1. The maximum Gasteiger partial charge on any atom is 1.00 e. The molecule has 0 aliphatic heterocycles. The van der Waals surface area contributed by atoms with Crippen LogP contribution in [-0.2, 0) is 11.2 Å². The van der Waals surface area contributed by atoms with E-state index in [1.165, 1.54) is 133 Å². The van der Waals surface area contributed by atoms with Gasteiger partial charge in [0.25, 0.3) is 0 Å². The van der Waals surface area contributed by atoms with Gasteiger partial charge < -0.3 is 30.5 Å². The van der Waals surface area contributed by atoms with Crippen LogP contribution in [0.1, 0.15) is 142 Å². The van der Waals surface area contributed by atoms with Gasteiger partial charge in [-0.25, -0.2) is 9.59 Å². The van der Waals surface area contributed by atoms with Crippen LogP contribution >= 0.6 is 0 Å². The molecule has 0 aliphatic rings. The molecule has 10 heteroatoms. The zero-order valence-corrected chi connectivity index (χ0v) is 32.7. The van der Waals surface area contributed by atoms with Crippen LogP contribution in [0.25, 0.3) is 0 Å². The van der Waals surface area contributed by atoms with E-state index in [1.54, 1.807) is 6.07 Å². The summed E-state index contributed by atoms with van der Waals surface area (Å²) in [6.45, 7) is 2.98. The average Bonchev–Trinajstić information content (AvgIpc) is 3.10. The van der Waals surface area contributed by atoms with E-state index >= 15 is 0 Å². The Morgan fingerprint density at radius 3 is 1.65 bits per heavy atom. The summed E-state index contributed by atoms with van der Waals surface area (Å²) in [6.07, 6.45) is 22.3. The molecule has 274 valence electrons. The van der Waals surface area contributed by atoms with Gasteiger partial charge in [-0.1, -0.05) is 115 Å². The average molecular weight is 714 g/mol. The predicted octanol–water partition coefficient (Wildman–Crippen LogP) is 7.91. The Labute approximate surface area is 326 Å². The molecule has 0 heterocycles. The minimum absolute atomic E-state index is 0. The van der Waals surface area contributed by atoms with Crippen molar-refractivity contribution >= 4 is 23.5 Å². The molecule has 4 N–H and O–H groups in total. The van der Waals surface area contributed by atoms with Gasteiger partial charge in [0.1, 0.15) is 22.8 Å². The Bertz CT molecular complexity index is 1410. The molecule has 0 bridgehead atoms. The molecule has 0 fully saturated rings. The number of carboxylic acids is 2. The number of nitrogens with one attached hydrogen (secondary N) is 1. The Kier molecular flexibility index (Phi) is 24.4. The van der Waals surface area contributed by atoms with Gasteiger partial charge in [0.2, 0.25) is 5.91 Å². The zero-order valence-electron chi connectivity index (χ0n) is 30.7. The van der Waals surface area contributed by atoms with Gasteiger partial charge in [0, 0.05) is 12.1 Å². The summed E-state index contributed by atoms with van der Waals surface area (Å²) in [5.74, 6) is -1.33.